The molecule has 2 N–H and O–H groups in total. The van der Waals surface area contributed by atoms with Crippen LogP contribution in [0.4, 0.5) is 0 Å². The van der Waals surface area contributed by atoms with E-state index in [0.717, 1.165) is 16.6 Å². The van der Waals surface area contributed by atoms with E-state index in [1.165, 1.54) is 0 Å². The number of aryl methyl sites for hydroxylation is 1. The molecule has 1 aromatic carbocycles. The van der Waals surface area contributed by atoms with Crippen molar-refractivity contribution in [2.45, 2.75) is 6.42 Å². The van der Waals surface area contributed by atoms with Crippen molar-refractivity contribution >= 4 is 23.4 Å². The number of rotatable bonds is 5. The Morgan fingerprint density at radius 2 is 2.03 bits per heavy atom. The molecule has 0 aliphatic carbocycles. The van der Waals surface area contributed by atoms with Crippen LogP contribution in [-0.4, -0.2) is 48.9 Å². The van der Waals surface area contributed by atoms with Crippen molar-refractivity contribution in [2.24, 2.45) is 7.05 Å². The summed E-state index contributed by atoms with van der Waals surface area (Å²) in [4.78, 5) is 29.2. The minimum atomic E-state index is -0.250. The van der Waals surface area contributed by atoms with Crippen LogP contribution in [0.1, 0.15) is 16.2 Å². The average Bonchev–Trinajstić information content (AvgIpc) is 3.36. The van der Waals surface area contributed by atoms with Gasteiger partial charge in [-0.1, -0.05) is 35.5 Å². The summed E-state index contributed by atoms with van der Waals surface area (Å²) in [6.07, 6.45) is 3.66. The maximum atomic E-state index is 12.3. The molecule has 0 radical (unpaired) electrons. The molecule has 0 fully saturated rings. The summed E-state index contributed by atoms with van der Waals surface area (Å²) >= 11 is 0. The predicted octanol–water partition coefficient (Wildman–Crippen LogP) is 1.69. The number of hydrogen-bond donors (Lipinski definition) is 2. The van der Waals surface area contributed by atoms with Crippen LogP contribution in [0.15, 0.2) is 53.3 Å². The topological polar surface area (TPSA) is 136 Å². The number of fused-ring (bicyclic) bond motifs is 1. The van der Waals surface area contributed by atoms with E-state index in [1.807, 2.05) is 37.4 Å². The lowest BCUT2D eigenvalue weighted by atomic mass is 10.2. The van der Waals surface area contributed by atoms with Gasteiger partial charge in [-0.25, -0.2) is 0 Å². The summed E-state index contributed by atoms with van der Waals surface area (Å²) in [5.74, 6) is 0.811. The van der Waals surface area contributed by atoms with Gasteiger partial charge >= 0.3 is 0 Å². The predicted molar refractivity (Wildman–Crippen MR) is 103 cm³/mol. The number of nitrogens with one attached hydrogen (secondary N) is 1. The van der Waals surface area contributed by atoms with E-state index in [2.05, 4.69) is 25.5 Å². The first kappa shape index (κ1) is 19.7. The van der Waals surface area contributed by atoms with Crippen LogP contribution >= 0.6 is 0 Å². The Balaban J connectivity index is 0.000000755. The standard InChI is InChI=1S/C18H16N6O2.CH2O2/c1-24-15-9-13(10-20-14(15)11-21-24)18(25)19-8-7-16-22-17(23-26-16)12-5-3-2-4-6-12;2-1-3/h2-6,9-11H,7-8H2,1H3,(H,19,25);1H,(H,2,3). The molecule has 10 heteroatoms. The molecule has 0 unspecified atom stereocenters. The largest absolute Gasteiger partial charge is 0.483 e. The molecule has 1 amide bonds. The number of carbonyl (C=O) groups is 2. The third-order valence-corrected chi connectivity index (χ3v) is 3.99. The summed E-state index contributed by atoms with van der Waals surface area (Å²) in [6, 6.07) is 11.4. The van der Waals surface area contributed by atoms with Gasteiger partial charge in [-0.2, -0.15) is 10.1 Å². The van der Waals surface area contributed by atoms with Gasteiger partial charge < -0.3 is 14.9 Å². The quantitative estimate of drug-likeness (QED) is 0.488. The number of amides is 1. The molecule has 4 rings (SSSR count). The molecule has 0 aliphatic rings. The van der Waals surface area contributed by atoms with E-state index in [1.54, 1.807) is 23.1 Å². The van der Waals surface area contributed by atoms with E-state index in [9.17, 15) is 4.79 Å². The van der Waals surface area contributed by atoms with Gasteiger partial charge in [-0.05, 0) is 6.07 Å². The normalized spacial score (nSPS) is 10.2. The molecule has 0 spiro atoms. The van der Waals surface area contributed by atoms with Crippen molar-refractivity contribution in [1.29, 1.82) is 0 Å². The minimum absolute atomic E-state index is 0.205. The van der Waals surface area contributed by atoms with Crippen LogP contribution in [0.25, 0.3) is 22.4 Å². The maximum Gasteiger partial charge on any atom is 0.290 e. The summed E-state index contributed by atoms with van der Waals surface area (Å²) in [6.45, 7) is 0.138. The van der Waals surface area contributed by atoms with Gasteiger partial charge in [0.1, 0.15) is 5.52 Å². The summed E-state index contributed by atoms with van der Waals surface area (Å²) in [5.41, 5.74) is 2.93. The fourth-order valence-electron chi connectivity index (χ4n) is 2.60. The van der Waals surface area contributed by atoms with Crippen molar-refractivity contribution in [2.75, 3.05) is 6.54 Å². The second kappa shape index (κ2) is 9.22. The molecule has 0 saturated carbocycles. The monoisotopic (exact) mass is 394 g/mol. The van der Waals surface area contributed by atoms with Crippen LogP contribution in [0.3, 0.4) is 0 Å². The SMILES string of the molecule is Cn1ncc2ncc(C(=O)NCCc3nc(-c4ccccc4)no3)cc21.O=CO. The van der Waals surface area contributed by atoms with Crippen LogP contribution in [0, 0.1) is 0 Å². The van der Waals surface area contributed by atoms with Crippen LogP contribution in [-0.2, 0) is 18.3 Å². The Labute approximate surface area is 165 Å². The van der Waals surface area contributed by atoms with Crippen LogP contribution < -0.4 is 5.32 Å². The second-order valence-corrected chi connectivity index (χ2v) is 5.89. The molecule has 0 bridgehead atoms. The zero-order valence-corrected chi connectivity index (χ0v) is 15.5. The summed E-state index contributed by atoms with van der Waals surface area (Å²) in [7, 11) is 1.81. The van der Waals surface area contributed by atoms with Crippen molar-refractivity contribution in [3.05, 3.63) is 60.2 Å². The Hall–Kier alpha value is -4.08. The summed E-state index contributed by atoms with van der Waals surface area (Å²) in [5, 5.41) is 17.8. The smallest absolute Gasteiger partial charge is 0.290 e. The van der Waals surface area contributed by atoms with Gasteiger partial charge in [0.05, 0.1) is 17.3 Å². The highest BCUT2D eigenvalue weighted by atomic mass is 16.5. The van der Waals surface area contributed by atoms with E-state index < -0.39 is 0 Å². The molecule has 0 aliphatic heterocycles. The van der Waals surface area contributed by atoms with Gasteiger partial charge in [0.15, 0.2) is 0 Å². The fourth-order valence-corrected chi connectivity index (χ4v) is 2.60. The Bertz CT molecular complexity index is 1110. The highest BCUT2D eigenvalue weighted by Gasteiger charge is 2.11. The van der Waals surface area contributed by atoms with E-state index in [-0.39, 0.29) is 12.4 Å². The van der Waals surface area contributed by atoms with Crippen molar-refractivity contribution < 1.29 is 19.2 Å². The Morgan fingerprint density at radius 3 is 2.79 bits per heavy atom. The number of aromatic nitrogens is 5. The number of pyridine rings is 1. The fraction of sp³-hybridized carbons (Fsp3) is 0.158. The van der Waals surface area contributed by atoms with Gasteiger partial charge in [0, 0.05) is 31.8 Å². The van der Waals surface area contributed by atoms with Crippen molar-refractivity contribution in [1.82, 2.24) is 30.2 Å². The van der Waals surface area contributed by atoms with Gasteiger partial charge in [0.25, 0.3) is 12.4 Å². The molecular formula is C19H18N6O4. The molecule has 10 nitrogen and oxygen atoms in total. The molecule has 4 aromatic rings. The maximum absolute atomic E-state index is 12.3. The van der Waals surface area contributed by atoms with Gasteiger partial charge in [-0.3, -0.25) is 19.3 Å². The minimum Gasteiger partial charge on any atom is -0.483 e. The third kappa shape index (κ3) is 4.80. The molecule has 3 heterocycles. The number of hydrogen-bond acceptors (Lipinski definition) is 7. The molecule has 0 atom stereocenters. The zero-order chi connectivity index (χ0) is 20.6. The van der Waals surface area contributed by atoms with Gasteiger partial charge in [-0.15, -0.1) is 0 Å². The van der Waals surface area contributed by atoms with Gasteiger partial charge in [0.2, 0.25) is 11.7 Å². The number of benzene rings is 1. The highest BCUT2D eigenvalue weighted by Crippen LogP contribution is 2.15. The second-order valence-electron chi connectivity index (χ2n) is 5.89. The Kier molecular flexibility index (Phi) is 6.25. The lowest BCUT2D eigenvalue weighted by molar-refractivity contribution is -0.122. The molecule has 29 heavy (non-hydrogen) atoms. The Morgan fingerprint density at radius 1 is 1.28 bits per heavy atom. The third-order valence-electron chi connectivity index (χ3n) is 3.99. The lowest BCUT2D eigenvalue weighted by Gasteiger charge is -2.03. The van der Waals surface area contributed by atoms with E-state index in [0.29, 0.717) is 30.2 Å². The van der Waals surface area contributed by atoms with E-state index in [4.69, 9.17) is 14.4 Å². The first-order valence-electron chi connectivity index (χ1n) is 8.64. The molecule has 3 aromatic heterocycles. The lowest BCUT2D eigenvalue weighted by Crippen LogP contribution is -2.25. The first-order chi connectivity index (χ1) is 14.1. The average molecular weight is 394 g/mol. The highest BCUT2D eigenvalue weighted by molar-refractivity contribution is 5.96. The first-order valence-corrected chi connectivity index (χ1v) is 8.64. The van der Waals surface area contributed by atoms with Crippen molar-refractivity contribution in [3.8, 4) is 11.4 Å². The molecule has 148 valence electrons. The summed E-state index contributed by atoms with van der Waals surface area (Å²) < 4.78 is 6.92. The van der Waals surface area contributed by atoms with Crippen molar-refractivity contribution in [3.63, 3.8) is 0 Å². The number of nitrogens with zero attached hydrogens (tertiary/aromatic N) is 5. The molecule has 0 saturated heterocycles. The zero-order valence-electron chi connectivity index (χ0n) is 15.5. The number of carbonyl (C=O) groups excluding carboxylic acids is 1. The number of carboxylic acid groups (broad SMARTS) is 1. The van der Waals surface area contributed by atoms with E-state index >= 15 is 0 Å². The van der Waals surface area contributed by atoms with Crippen LogP contribution in [0.2, 0.25) is 0 Å². The molecular weight excluding hydrogens is 376 g/mol. The van der Waals surface area contributed by atoms with Crippen LogP contribution in [0.5, 0.6) is 0 Å².